The molecule has 0 spiro atoms. The van der Waals surface area contributed by atoms with Gasteiger partial charge in [0.25, 0.3) is 0 Å². The molecular formula is C14H21AcNO. The van der Waals surface area contributed by atoms with Crippen molar-refractivity contribution in [2.45, 2.75) is 9.12 Å². The molecule has 2 rings (SSSR count). The van der Waals surface area contributed by atoms with Gasteiger partial charge in [-0.05, 0) is 0 Å². The Morgan fingerprint density at radius 2 is 2.06 bits per heavy atom. The minimum absolute atomic E-state index is 0.696. The third-order valence-corrected chi connectivity index (χ3v) is 10.6. The molecule has 3 heteroatoms. The van der Waals surface area contributed by atoms with E-state index in [4.69, 9.17) is 4.74 Å². The van der Waals surface area contributed by atoms with Gasteiger partial charge in [-0.1, -0.05) is 0 Å². The van der Waals surface area contributed by atoms with E-state index in [-0.39, 0.29) is 0 Å². The summed E-state index contributed by atoms with van der Waals surface area (Å²) >= 11 is -0.696. The molecule has 1 heterocycles. The Labute approximate surface area is 126 Å². The standard InChI is InChI=1S/C14H21NO.Ac/c1-13-7-4-5-8-14(13)9-6-11-16-12-10-15(2)3;/h4-8H,1,9-12H2,2-3H3;. The number of fused-ring (bicyclic) bond motifs is 1. The Morgan fingerprint density at radius 3 is 2.82 bits per heavy atom. The van der Waals surface area contributed by atoms with E-state index in [0.717, 1.165) is 20.9 Å². The maximum absolute atomic E-state index is 5.81. The van der Waals surface area contributed by atoms with Gasteiger partial charge in [-0.25, -0.2) is 0 Å². The van der Waals surface area contributed by atoms with Gasteiger partial charge >= 0.3 is 128 Å². The number of rotatable bonds is 5. The molecule has 0 saturated carbocycles. The van der Waals surface area contributed by atoms with Crippen LogP contribution in [0.15, 0.2) is 24.3 Å². The zero-order chi connectivity index (χ0) is 12.1. The van der Waals surface area contributed by atoms with E-state index in [1.807, 2.05) is 0 Å². The summed E-state index contributed by atoms with van der Waals surface area (Å²) in [7, 11) is 4.19. The Morgan fingerprint density at radius 1 is 1.29 bits per heavy atom. The quantitative estimate of drug-likeness (QED) is 0.644. The Bertz CT molecular complexity index is 354. The molecule has 0 radical (unpaired) electrons. The fourth-order valence-corrected chi connectivity index (χ4v) is 9.12. The van der Waals surface area contributed by atoms with E-state index in [9.17, 15) is 0 Å². The van der Waals surface area contributed by atoms with Gasteiger partial charge in [0.15, 0.2) is 0 Å². The minimum atomic E-state index is -0.696. The van der Waals surface area contributed by atoms with E-state index in [0.29, 0.717) is 0 Å². The molecule has 91 valence electrons. The van der Waals surface area contributed by atoms with Gasteiger partial charge in [0.2, 0.25) is 0 Å². The summed E-state index contributed by atoms with van der Waals surface area (Å²) in [6, 6.07) is 8.97. The van der Waals surface area contributed by atoms with Gasteiger partial charge in [0.1, 0.15) is 0 Å². The van der Waals surface area contributed by atoms with Crippen molar-refractivity contribution in [2.75, 3.05) is 33.9 Å². The molecule has 0 aliphatic carbocycles. The van der Waals surface area contributed by atoms with Gasteiger partial charge in [0.05, 0.1) is 0 Å². The molecule has 1 aromatic rings. The van der Waals surface area contributed by atoms with Gasteiger partial charge < -0.3 is 0 Å². The summed E-state index contributed by atoms with van der Waals surface area (Å²) in [4.78, 5) is 2.18. The molecule has 0 N–H and O–H groups in total. The van der Waals surface area contributed by atoms with E-state index in [2.05, 4.69) is 43.3 Å². The molecule has 1 atom stereocenters. The predicted octanol–water partition coefficient (Wildman–Crippen LogP) is 2.19. The van der Waals surface area contributed by atoms with Gasteiger partial charge in [-0.15, -0.1) is 0 Å². The first-order valence-electron chi connectivity index (χ1n) is 6.38. The van der Waals surface area contributed by atoms with Crippen LogP contribution in [0.4, 0.5) is 0 Å². The molecule has 1 aromatic carbocycles. The molecular weight excluding hydrogens is 425 g/mol. The van der Waals surface area contributed by atoms with Crippen molar-refractivity contribution in [1.29, 1.82) is 0 Å². The summed E-state index contributed by atoms with van der Waals surface area (Å²) in [5, 5.41) is 0. The molecule has 1 aliphatic heterocycles. The number of hydrogen-bond acceptors (Lipinski definition) is 2. The molecule has 0 aromatic heterocycles. The zero-order valence-corrected chi connectivity index (χ0v) is 15.6. The Kier molecular flexibility index (Phi) is 5.96. The average molecular weight is 446 g/mol. The van der Waals surface area contributed by atoms with Crippen LogP contribution in [0.5, 0.6) is 0 Å². The summed E-state index contributed by atoms with van der Waals surface area (Å²) in [5.41, 5.74) is 3.22. The van der Waals surface area contributed by atoms with Crippen molar-refractivity contribution >= 4 is 0 Å². The van der Waals surface area contributed by atoms with E-state index in [1.54, 1.807) is 11.1 Å². The van der Waals surface area contributed by atoms with Gasteiger partial charge in [0, 0.05) is 0 Å². The summed E-state index contributed by atoms with van der Waals surface area (Å²) in [5.74, 6) is 0. The van der Waals surface area contributed by atoms with Crippen LogP contribution in [0.25, 0.3) is 0 Å². The van der Waals surface area contributed by atoms with Crippen LogP contribution in [0.1, 0.15) is 11.1 Å². The fraction of sp³-hybridized carbons (Fsp3) is 0.571. The van der Waals surface area contributed by atoms with Crippen LogP contribution >= 0.6 is 0 Å². The number of hydrogen-bond donors (Lipinski definition) is 0. The molecule has 1 aliphatic rings. The van der Waals surface area contributed by atoms with Crippen molar-refractivity contribution in [2.24, 2.45) is 0 Å². The second kappa shape index (κ2) is 7.24. The third-order valence-electron chi connectivity index (χ3n) is 3.29. The Hall–Kier alpha value is 0.582. The number of likely N-dealkylation sites (N-methyl/N-ethyl adjacent to an activating group) is 1. The topological polar surface area (TPSA) is 12.5 Å². The summed E-state index contributed by atoms with van der Waals surface area (Å²) in [6.45, 7) is 2.95. The van der Waals surface area contributed by atoms with Gasteiger partial charge in [-0.3, -0.25) is 0 Å². The third kappa shape index (κ3) is 4.63. The first-order chi connectivity index (χ1) is 8.25. The van der Waals surface area contributed by atoms with Crippen LogP contribution < -0.4 is 0 Å². The van der Waals surface area contributed by atoms with Crippen molar-refractivity contribution in [3.05, 3.63) is 35.4 Å². The van der Waals surface area contributed by atoms with Crippen LogP contribution in [0, 0.1) is 39.7 Å². The van der Waals surface area contributed by atoms with E-state index < -0.39 is 39.7 Å². The average Bonchev–Trinajstić information content (AvgIpc) is 2.34. The van der Waals surface area contributed by atoms with E-state index >= 15 is 0 Å². The first kappa shape index (κ1) is 14.0. The Balaban J connectivity index is 1.75. The maximum atomic E-state index is 5.81. The number of ether oxygens (including phenoxy) is 1. The fourth-order valence-electron chi connectivity index (χ4n) is 2.22. The second-order valence-corrected chi connectivity index (χ2v) is 12.5. The van der Waals surface area contributed by atoms with Crippen molar-refractivity contribution in [3.63, 3.8) is 0 Å². The molecule has 0 fully saturated rings. The van der Waals surface area contributed by atoms with Crippen LogP contribution in [-0.2, 0) is 12.8 Å². The first-order valence-corrected chi connectivity index (χ1v) is 12.5. The molecule has 2 nitrogen and oxygen atoms in total. The van der Waals surface area contributed by atoms with Gasteiger partial charge in [-0.2, -0.15) is 0 Å². The molecule has 0 saturated heterocycles. The van der Waals surface area contributed by atoms with Crippen molar-refractivity contribution in [1.82, 2.24) is 4.90 Å². The normalized spacial score (nSPS) is 18.4. The second-order valence-electron chi connectivity index (χ2n) is 5.05. The zero-order valence-electron chi connectivity index (χ0n) is 10.9. The summed E-state index contributed by atoms with van der Waals surface area (Å²) < 4.78 is 8.19. The van der Waals surface area contributed by atoms with Crippen LogP contribution in [0.3, 0.4) is 0 Å². The predicted molar refractivity (Wildman–Crippen MR) is 67.0 cm³/mol. The molecule has 0 amide bonds. The van der Waals surface area contributed by atoms with Crippen molar-refractivity contribution in [3.8, 4) is 0 Å². The SMILES string of the molecule is CN(C)CCOC[CH]1Cc2ccccc2[CH2][Ac]1. The monoisotopic (exact) mass is 446 g/mol. The number of nitrogens with zero attached hydrogens (tertiary/aromatic N) is 1. The number of benzene rings is 1. The summed E-state index contributed by atoms with van der Waals surface area (Å²) in [6.07, 6.45) is 1.29. The molecule has 17 heavy (non-hydrogen) atoms. The van der Waals surface area contributed by atoms with Crippen molar-refractivity contribution < 1.29 is 44.4 Å². The van der Waals surface area contributed by atoms with Crippen LogP contribution in [-0.4, -0.2) is 38.8 Å². The molecule has 0 bridgehead atoms. The van der Waals surface area contributed by atoms with Crippen LogP contribution in [0.2, 0.25) is 1.10 Å². The van der Waals surface area contributed by atoms with E-state index in [1.165, 1.54) is 8.02 Å². The molecule has 1 unspecified atom stereocenters.